The van der Waals surface area contributed by atoms with Crippen LogP contribution in [-0.2, 0) is 11.4 Å². The van der Waals surface area contributed by atoms with E-state index in [1.54, 1.807) is 13.0 Å². The lowest BCUT2D eigenvalue weighted by Crippen LogP contribution is -2.42. The molecular weight excluding hydrogens is 263 g/mol. The fourth-order valence-electron chi connectivity index (χ4n) is 1.86. The van der Waals surface area contributed by atoms with Crippen molar-refractivity contribution in [1.29, 1.82) is 0 Å². The Morgan fingerprint density at radius 3 is 2.53 bits per heavy atom. The van der Waals surface area contributed by atoms with Gasteiger partial charge in [-0.15, -0.1) is 4.72 Å². The van der Waals surface area contributed by atoms with Gasteiger partial charge in [0.15, 0.2) is 0 Å². The lowest BCUT2D eigenvalue weighted by Gasteiger charge is -2.27. The molecule has 1 fully saturated rings. The molecule has 5 heteroatoms. The van der Waals surface area contributed by atoms with Crippen LogP contribution in [0.3, 0.4) is 0 Å². The van der Waals surface area contributed by atoms with Gasteiger partial charge in [-0.05, 0) is 58.6 Å². The van der Waals surface area contributed by atoms with E-state index in [0.29, 0.717) is 11.6 Å². The van der Waals surface area contributed by atoms with Crippen LogP contribution in [-0.4, -0.2) is 14.3 Å². The van der Waals surface area contributed by atoms with Gasteiger partial charge in [-0.1, -0.05) is 0 Å². The summed E-state index contributed by atoms with van der Waals surface area (Å²) in [6, 6.07) is 3.09. The van der Waals surface area contributed by atoms with Crippen LogP contribution in [0, 0.1) is 18.7 Å². The molecule has 0 aliphatic heterocycles. The molecular formula is C14H21FN2OS. The zero-order valence-corrected chi connectivity index (χ0v) is 12.7. The third-order valence-electron chi connectivity index (χ3n) is 3.25. The molecule has 1 aromatic rings. The Bertz CT molecular complexity index is 457. The molecule has 0 radical (unpaired) electrons. The van der Waals surface area contributed by atoms with Gasteiger partial charge in [0, 0.05) is 11.4 Å². The van der Waals surface area contributed by atoms with E-state index in [1.807, 2.05) is 20.8 Å². The minimum Gasteiger partial charge on any atom is -0.598 e. The lowest BCUT2D eigenvalue weighted by molar-refractivity contribution is 0.495. The standard InChI is InChI=1S/C14H21FN2OS/c1-9-11(15)7-8-12(16-9)13(10-5-6-10)17-19(18)14(2,3)4/h7-8,10,13,17H,5-6H2,1-4H3. The van der Waals surface area contributed by atoms with Crippen LogP contribution >= 0.6 is 0 Å². The molecule has 0 bridgehead atoms. The number of rotatable bonds is 4. The number of aromatic nitrogens is 1. The van der Waals surface area contributed by atoms with Crippen molar-refractivity contribution in [3.63, 3.8) is 0 Å². The minimum atomic E-state index is -1.14. The van der Waals surface area contributed by atoms with E-state index in [0.717, 1.165) is 18.5 Å². The summed E-state index contributed by atoms with van der Waals surface area (Å²) in [5.74, 6) is 0.166. The van der Waals surface area contributed by atoms with Gasteiger partial charge in [-0.25, -0.2) is 4.39 Å². The van der Waals surface area contributed by atoms with Gasteiger partial charge in [-0.3, -0.25) is 4.98 Å². The first kappa shape index (κ1) is 14.8. The van der Waals surface area contributed by atoms with Crippen LogP contribution in [0.4, 0.5) is 4.39 Å². The molecule has 1 saturated carbocycles. The van der Waals surface area contributed by atoms with Gasteiger partial charge in [0.05, 0.1) is 17.4 Å². The zero-order valence-electron chi connectivity index (χ0n) is 11.9. The largest absolute Gasteiger partial charge is 0.598 e. The molecule has 1 heterocycles. The summed E-state index contributed by atoms with van der Waals surface area (Å²) in [6.45, 7) is 7.46. The maximum absolute atomic E-state index is 13.3. The highest BCUT2D eigenvalue weighted by Crippen LogP contribution is 2.41. The van der Waals surface area contributed by atoms with Crippen LogP contribution in [0.1, 0.15) is 51.0 Å². The van der Waals surface area contributed by atoms with E-state index in [-0.39, 0.29) is 16.6 Å². The number of nitrogens with one attached hydrogen (secondary N) is 1. The molecule has 0 spiro atoms. The molecule has 1 aliphatic rings. The first-order chi connectivity index (χ1) is 8.79. The number of aryl methyl sites for hydroxylation is 1. The Kier molecular flexibility index (Phi) is 4.18. The predicted octanol–water partition coefficient (Wildman–Crippen LogP) is 3.03. The predicted molar refractivity (Wildman–Crippen MR) is 75.4 cm³/mol. The summed E-state index contributed by atoms with van der Waals surface area (Å²) >= 11 is -1.14. The van der Waals surface area contributed by atoms with Gasteiger partial charge in [0.2, 0.25) is 0 Å². The highest BCUT2D eigenvalue weighted by molar-refractivity contribution is 7.90. The molecule has 2 rings (SSSR count). The second kappa shape index (κ2) is 5.38. The second-order valence-corrected chi connectivity index (χ2v) is 8.12. The van der Waals surface area contributed by atoms with Crippen LogP contribution in [0.15, 0.2) is 12.1 Å². The summed E-state index contributed by atoms with van der Waals surface area (Å²) in [4.78, 5) is 4.30. The Morgan fingerprint density at radius 2 is 2.05 bits per heavy atom. The first-order valence-electron chi connectivity index (χ1n) is 6.60. The highest BCUT2D eigenvalue weighted by atomic mass is 32.2. The van der Waals surface area contributed by atoms with E-state index < -0.39 is 11.4 Å². The quantitative estimate of drug-likeness (QED) is 0.865. The van der Waals surface area contributed by atoms with Crippen molar-refractivity contribution in [1.82, 2.24) is 9.71 Å². The number of halogens is 1. The van der Waals surface area contributed by atoms with E-state index in [4.69, 9.17) is 0 Å². The molecule has 2 unspecified atom stereocenters. The first-order valence-corrected chi connectivity index (χ1v) is 7.75. The Labute approximate surface area is 117 Å². The summed E-state index contributed by atoms with van der Waals surface area (Å²) in [6.07, 6.45) is 2.22. The van der Waals surface area contributed by atoms with E-state index in [1.165, 1.54) is 6.07 Å². The highest BCUT2D eigenvalue weighted by Gasteiger charge is 2.39. The normalized spacial score (nSPS) is 19.3. The van der Waals surface area contributed by atoms with Crippen molar-refractivity contribution >= 4 is 11.4 Å². The van der Waals surface area contributed by atoms with Crippen molar-refractivity contribution in [2.24, 2.45) is 5.92 Å². The average molecular weight is 284 g/mol. The van der Waals surface area contributed by atoms with Crippen molar-refractivity contribution in [3.8, 4) is 0 Å². The summed E-state index contributed by atoms with van der Waals surface area (Å²) in [7, 11) is 0. The fraction of sp³-hybridized carbons (Fsp3) is 0.643. The van der Waals surface area contributed by atoms with Crippen molar-refractivity contribution in [2.75, 3.05) is 0 Å². The molecule has 0 amide bonds. The number of hydrogen-bond donors (Lipinski definition) is 1. The summed E-state index contributed by atoms with van der Waals surface area (Å²) in [5, 5.41) is 0. The van der Waals surface area contributed by atoms with Crippen LogP contribution in [0.2, 0.25) is 0 Å². The monoisotopic (exact) mass is 284 g/mol. The van der Waals surface area contributed by atoms with Gasteiger partial charge < -0.3 is 4.55 Å². The summed E-state index contributed by atoms with van der Waals surface area (Å²) in [5.41, 5.74) is 1.19. The van der Waals surface area contributed by atoms with E-state index in [9.17, 15) is 8.94 Å². The second-order valence-electron chi connectivity index (χ2n) is 6.12. The van der Waals surface area contributed by atoms with Crippen molar-refractivity contribution in [3.05, 3.63) is 29.3 Å². The molecule has 1 N–H and O–H groups in total. The maximum Gasteiger partial charge on any atom is 0.144 e. The molecule has 0 saturated heterocycles. The fourth-order valence-corrected chi connectivity index (χ4v) is 2.75. The Balaban J connectivity index is 2.18. The van der Waals surface area contributed by atoms with E-state index >= 15 is 0 Å². The zero-order chi connectivity index (χ0) is 14.2. The minimum absolute atomic E-state index is 0.0423. The molecule has 1 aromatic heterocycles. The average Bonchev–Trinajstić information content (AvgIpc) is 3.12. The van der Waals surface area contributed by atoms with Crippen molar-refractivity contribution in [2.45, 2.75) is 51.3 Å². The lowest BCUT2D eigenvalue weighted by atomic mass is 10.1. The third-order valence-corrected chi connectivity index (χ3v) is 4.83. The number of pyridine rings is 1. The van der Waals surface area contributed by atoms with Crippen LogP contribution in [0.25, 0.3) is 0 Å². The SMILES string of the molecule is Cc1nc(C(N[S+]([O-])C(C)(C)C)C2CC2)ccc1F. The van der Waals surface area contributed by atoms with Gasteiger partial charge in [0.1, 0.15) is 10.6 Å². The third kappa shape index (κ3) is 3.68. The molecule has 3 nitrogen and oxygen atoms in total. The molecule has 19 heavy (non-hydrogen) atoms. The van der Waals surface area contributed by atoms with Crippen molar-refractivity contribution < 1.29 is 8.94 Å². The molecule has 2 atom stereocenters. The smallest absolute Gasteiger partial charge is 0.144 e. The van der Waals surface area contributed by atoms with Gasteiger partial charge in [0.25, 0.3) is 0 Å². The van der Waals surface area contributed by atoms with Gasteiger partial charge in [-0.2, -0.15) is 0 Å². The van der Waals surface area contributed by atoms with Crippen LogP contribution < -0.4 is 4.72 Å². The Hall–Kier alpha value is -0.650. The molecule has 1 aliphatic carbocycles. The molecule has 106 valence electrons. The maximum atomic E-state index is 13.3. The topological polar surface area (TPSA) is 48.0 Å². The van der Waals surface area contributed by atoms with E-state index in [2.05, 4.69) is 9.71 Å². The van der Waals surface area contributed by atoms with Gasteiger partial charge >= 0.3 is 0 Å². The number of nitrogens with zero attached hydrogens (tertiary/aromatic N) is 1. The summed E-state index contributed by atoms with van der Waals surface area (Å²) < 4.78 is 28.4. The van der Waals surface area contributed by atoms with Crippen LogP contribution in [0.5, 0.6) is 0 Å². The molecule has 0 aromatic carbocycles. The number of hydrogen-bond acceptors (Lipinski definition) is 3. The Morgan fingerprint density at radius 1 is 1.42 bits per heavy atom.